The minimum absolute atomic E-state index is 0.304. The van der Waals surface area contributed by atoms with Crippen LogP contribution >= 0.6 is 11.6 Å². The molecule has 3 aromatic rings. The molecule has 2 aromatic heterocycles. The van der Waals surface area contributed by atoms with Gasteiger partial charge in [0.2, 0.25) is 0 Å². The van der Waals surface area contributed by atoms with Gasteiger partial charge in [0.1, 0.15) is 17.1 Å². The van der Waals surface area contributed by atoms with Crippen molar-refractivity contribution in [3.8, 4) is 5.69 Å². The van der Waals surface area contributed by atoms with Gasteiger partial charge in [-0.3, -0.25) is 15.0 Å². The molecule has 8 heteroatoms. The topological polar surface area (TPSA) is 81.8 Å². The first-order chi connectivity index (χ1) is 11.4. The van der Waals surface area contributed by atoms with E-state index < -0.39 is 16.8 Å². The maximum absolute atomic E-state index is 12.5. The summed E-state index contributed by atoms with van der Waals surface area (Å²) in [4.78, 5) is 28.4. The third kappa shape index (κ3) is 2.78. The number of hydrogen-bond acceptors (Lipinski definition) is 4. The number of hydrogen-bond donors (Lipinski definition) is 1. The molecule has 0 aliphatic rings. The molecule has 1 atom stereocenters. The minimum atomic E-state index is -0.758. The van der Waals surface area contributed by atoms with Gasteiger partial charge in [-0.25, -0.2) is 14.3 Å². The lowest BCUT2D eigenvalue weighted by Crippen LogP contribution is -2.36. The Labute approximate surface area is 142 Å². The van der Waals surface area contributed by atoms with Crippen LogP contribution in [-0.2, 0) is 4.79 Å². The highest BCUT2D eigenvalue weighted by Crippen LogP contribution is 2.17. The van der Waals surface area contributed by atoms with E-state index in [4.69, 9.17) is 11.6 Å². The average molecular weight is 346 g/mol. The highest BCUT2D eigenvalue weighted by molar-refractivity contribution is 6.31. The van der Waals surface area contributed by atoms with Gasteiger partial charge in [0, 0.05) is 0 Å². The molecule has 0 aliphatic heterocycles. The fraction of sp³-hybridized carbons (Fsp3) is 0.250. The fourth-order valence-electron chi connectivity index (χ4n) is 2.25. The van der Waals surface area contributed by atoms with E-state index in [-0.39, 0.29) is 0 Å². The van der Waals surface area contributed by atoms with Crippen molar-refractivity contribution in [2.75, 3.05) is 5.43 Å². The Hall–Kier alpha value is -2.67. The molecule has 24 heavy (non-hydrogen) atoms. The van der Waals surface area contributed by atoms with Gasteiger partial charge in [0.15, 0.2) is 5.65 Å². The number of alkyl halides is 1. The lowest BCUT2D eigenvalue weighted by Gasteiger charge is -2.09. The quantitative estimate of drug-likeness (QED) is 0.735. The number of amides is 1. The maximum Gasteiger partial charge on any atom is 0.283 e. The zero-order chi connectivity index (χ0) is 17.4. The fourth-order valence-corrected chi connectivity index (χ4v) is 2.29. The molecule has 0 saturated carbocycles. The molecule has 0 fully saturated rings. The number of carbonyl (C=O) groups is 1. The number of aryl methyl sites for hydroxylation is 2. The molecule has 0 aliphatic carbocycles. The molecule has 0 saturated heterocycles. The van der Waals surface area contributed by atoms with Gasteiger partial charge < -0.3 is 0 Å². The monoisotopic (exact) mass is 345 g/mol. The van der Waals surface area contributed by atoms with E-state index in [9.17, 15) is 9.59 Å². The van der Waals surface area contributed by atoms with Crippen molar-refractivity contribution in [1.29, 1.82) is 0 Å². The zero-order valence-corrected chi connectivity index (χ0v) is 14.2. The lowest BCUT2D eigenvalue weighted by molar-refractivity contribution is -0.116. The second-order valence-electron chi connectivity index (χ2n) is 5.57. The lowest BCUT2D eigenvalue weighted by atomic mass is 10.1. The molecular formula is C16H16ClN5O2. The van der Waals surface area contributed by atoms with Crippen molar-refractivity contribution in [2.24, 2.45) is 0 Å². The van der Waals surface area contributed by atoms with Crippen LogP contribution < -0.4 is 11.0 Å². The summed E-state index contributed by atoms with van der Waals surface area (Å²) in [5.74, 6) is -0.485. The molecular weight excluding hydrogens is 330 g/mol. The first-order valence-electron chi connectivity index (χ1n) is 7.36. The van der Waals surface area contributed by atoms with Gasteiger partial charge in [-0.1, -0.05) is 6.07 Å². The van der Waals surface area contributed by atoms with Gasteiger partial charge in [0.05, 0.1) is 11.9 Å². The third-order valence-corrected chi connectivity index (χ3v) is 4.01. The van der Waals surface area contributed by atoms with Crippen LogP contribution in [0.15, 0.2) is 35.5 Å². The smallest absolute Gasteiger partial charge is 0.272 e. The highest BCUT2D eigenvalue weighted by Gasteiger charge is 2.15. The SMILES string of the molecule is Cc1ccc(-n2ncc3c(=O)n(NC(=O)[C@@H](C)Cl)cnc32)cc1C. The Morgan fingerprint density at radius 3 is 2.71 bits per heavy atom. The summed E-state index contributed by atoms with van der Waals surface area (Å²) in [6, 6.07) is 5.88. The van der Waals surface area contributed by atoms with Gasteiger partial charge >= 0.3 is 0 Å². The molecule has 0 spiro atoms. The molecule has 2 heterocycles. The van der Waals surface area contributed by atoms with E-state index in [0.717, 1.165) is 15.9 Å². The van der Waals surface area contributed by atoms with Crippen LogP contribution in [0, 0.1) is 13.8 Å². The molecule has 0 bridgehead atoms. The molecule has 3 rings (SSSR count). The van der Waals surface area contributed by atoms with E-state index in [1.165, 1.54) is 25.0 Å². The number of rotatable bonds is 3. The summed E-state index contributed by atoms with van der Waals surface area (Å²) in [5.41, 5.74) is 5.51. The van der Waals surface area contributed by atoms with Crippen LogP contribution in [0.25, 0.3) is 16.7 Å². The number of carbonyl (C=O) groups excluding carboxylic acids is 1. The third-order valence-electron chi connectivity index (χ3n) is 3.82. The van der Waals surface area contributed by atoms with E-state index in [1.807, 2.05) is 32.0 Å². The summed E-state index contributed by atoms with van der Waals surface area (Å²) in [6.45, 7) is 5.55. The first-order valence-corrected chi connectivity index (χ1v) is 7.80. The number of aromatic nitrogens is 4. The Bertz CT molecular complexity index is 990. The van der Waals surface area contributed by atoms with Crippen molar-refractivity contribution in [1.82, 2.24) is 19.4 Å². The predicted octanol–water partition coefficient (Wildman–Crippen LogP) is 1.90. The number of fused-ring (bicyclic) bond motifs is 1. The van der Waals surface area contributed by atoms with Crippen LogP contribution in [0.3, 0.4) is 0 Å². The van der Waals surface area contributed by atoms with Crippen molar-refractivity contribution >= 4 is 28.5 Å². The second kappa shape index (κ2) is 6.09. The molecule has 1 amide bonds. The van der Waals surface area contributed by atoms with Crippen molar-refractivity contribution in [3.63, 3.8) is 0 Å². The van der Waals surface area contributed by atoms with Crippen molar-refractivity contribution in [2.45, 2.75) is 26.1 Å². The second-order valence-corrected chi connectivity index (χ2v) is 6.23. The minimum Gasteiger partial charge on any atom is -0.272 e. The van der Waals surface area contributed by atoms with E-state index in [1.54, 1.807) is 4.68 Å². The summed E-state index contributed by atoms with van der Waals surface area (Å²) in [5, 5.41) is 3.80. The molecule has 0 unspecified atom stereocenters. The molecule has 1 aromatic carbocycles. The number of benzene rings is 1. The number of halogens is 1. The van der Waals surface area contributed by atoms with E-state index >= 15 is 0 Å². The Kier molecular flexibility index (Phi) is 4.11. The van der Waals surface area contributed by atoms with Gasteiger partial charge in [-0.05, 0) is 44.0 Å². The first kappa shape index (κ1) is 16.2. The van der Waals surface area contributed by atoms with Gasteiger partial charge in [-0.15, -0.1) is 11.6 Å². The van der Waals surface area contributed by atoms with E-state index in [0.29, 0.717) is 11.0 Å². The Morgan fingerprint density at radius 2 is 2.04 bits per heavy atom. The van der Waals surface area contributed by atoms with E-state index in [2.05, 4.69) is 15.5 Å². The number of nitrogens with one attached hydrogen (secondary N) is 1. The van der Waals surface area contributed by atoms with Gasteiger partial charge in [0.25, 0.3) is 11.5 Å². The zero-order valence-electron chi connectivity index (χ0n) is 13.4. The van der Waals surface area contributed by atoms with Crippen LogP contribution in [0.5, 0.6) is 0 Å². The highest BCUT2D eigenvalue weighted by atomic mass is 35.5. The normalized spacial score (nSPS) is 12.3. The summed E-state index contributed by atoms with van der Waals surface area (Å²) < 4.78 is 2.61. The van der Waals surface area contributed by atoms with Crippen LogP contribution in [0.4, 0.5) is 0 Å². The average Bonchev–Trinajstić information content (AvgIpc) is 2.97. The molecule has 1 N–H and O–H groups in total. The molecule has 124 valence electrons. The maximum atomic E-state index is 12.5. The van der Waals surface area contributed by atoms with Crippen molar-refractivity contribution in [3.05, 3.63) is 52.2 Å². The van der Waals surface area contributed by atoms with Crippen LogP contribution in [-0.4, -0.2) is 30.7 Å². The van der Waals surface area contributed by atoms with Crippen LogP contribution in [0.2, 0.25) is 0 Å². The Morgan fingerprint density at radius 1 is 1.29 bits per heavy atom. The summed E-state index contributed by atoms with van der Waals surface area (Å²) >= 11 is 5.70. The largest absolute Gasteiger partial charge is 0.283 e. The summed E-state index contributed by atoms with van der Waals surface area (Å²) in [6.07, 6.45) is 2.69. The predicted molar refractivity (Wildman–Crippen MR) is 92.3 cm³/mol. The molecule has 0 radical (unpaired) electrons. The Balaban J connectivity index is 2.08. The molecule has 7 nitrogen and oxygen atoms in total. The van der Waals surface area contributed by atoms with Crippen LogP contribution in [0.1, 0.15) is 18.1 Å². The van der Waals surface area contributed by atoms with Gasteiger partial charge in [-0.2, -0.15) is 5.10 Å². The standard InChI is InChI=1S/C16H16ClN5O2/c1-9-4-5-12(6-10(9)2)22-14-13(7-19-22)16(24)21(8-18-14)20-15(23)11(3)17/h4-8,11H,1-3H3,(H,20,23)/t11-/m1/s1. The van der Waals surface area contributed by atoms with Crippen molar-refractivity contribution < 1.29 is 4.79 Å². The summed E-state index contributed by atoms with van der Waals surface area (Å²) in [7, 11) is 0. The number of nitrogens with zero attached hydrogens (tertiary/aromatic N) is 4.